The predicted octanol–water partition coefficient (Wildman–Crippen LogP) is 5.92. The van der Waals surface area contributed by atoms with E-state index in [4.69, 9.17) is 4.42 Å². The molecule has 2 aromatic carbocycles. The van der Waals surface area contributed by atoms with Crippen molar-refractivity contribution in [2.75, 3.05) is 6.67 Å². The van der Waals surface area contributed by atoms with E-state index < -0.39 is 6.67 Å². The average Bonchev–Trinajstić information content (AvgIpc) is 3.43. The number of aryl methyl sites for hydroxylation is 1. The molecular weight excluding hydrogens is 398 g/mol. The van der Waals surface area contributed by atoms with Crippen molar-refractivity contribution in [1.82, 2.24) is 19.7 Å². The second-order valence-corrected chi connectivity index (χ2v) is 7.13. The fourth-order valence-corrected chi connectivity index (χ4v) is 3.45. The van der Waals surface area contributed by atoms with Gasteiger partial charge in [-0.2, -0.15) is 10.1 Å². The van der Waals surface area contributed by atoms with Crippen LogP contribution in [-0.2, 0) is 6.54 Å². The first-order chi connectivity index (χ1) is 15.2. The molecule has 0 unspecified atom stereocenters. The number of furan rings is 1. The van der Waals surface area contributed by atoms with Gasteiger partial charge in [0.15, 0.2) is 5.82 Å². The van der Waals surface area contributed by atoms with Crippen LogP contribution in [0.4, 0.5) is 8.78 Å². The van der Waals surface area contributed by atoms with E-state index in [2.05, 4.69) is 15.1 Å². The first kappa shape index (κ1) is 19.1. The van der Waals surface area contributed by atoms with Crippen molar-refractivity contribution in [3.8, 4) is 34.0 Å². The third-order valence-electron chi connectivity index (χ3n) is 4.97. The summed E-state index contributed by atoms with van der Waals surface area (Å²) in [6, 6.07) is 17.7. The van der Waals surface area contributed by atoms with Gasteiger partial charge < -0.3 is 4.42 Å². The zero-order valence-corrected chi connectivity index (χ0v) is 16.5. The van der Waals surface area contributed by atoms with Crippen LogP contribution in [0.3, 0.4) is 0 Å². The van der Waals surface area contributed by atoms with Crippen molar-refractivity contribution in [2.45, 2.75) is 13.0 Å². The molecule has 0 saturated carbocycles. The number of benzene rings is 2. The Morgan fingerprint density at radius 1 is 0.968 bits per heavy atom. The Hall–Kier alpha value is -3.87. The van der Waals surface area contributed by atoms with Gasteiger partial charge in [-0.1, -0.05) is 30.3 Å². The standard InChI is InChI=1S/C24H18F2N4O/c25-11-4-12-30-15-20(22(29-30)17-7-9-19(26)10-8-17)23-27-14-18-13-21(31-24(18)28-23)16-5-2-1-3-6-16/h1-3,5-10,13-15H,4,11-12H2. The lowest BCUT2D eigenvalue weighted by Gasteiger charge is -2.01. The molecule has 0 radical (unpaired) electrons. The van der Waals surface area contributed by atoms with Gasteiger partial charge in [0.2, 0.25) is 5.71 Å². The molecule has 31 heavy (non-hydrogen) atoms. The van der Waals surface area contributed by atoms with Crippen LogP contribution in [-0.4, -0.2) is 26.4 Å². The van der Waals surface area contributed by atoms with Gasteiger partial charge >= 0.3 is 0 Å². The molecule has 0 aliphatic heterocycles. The van der Waals surface area contributed by atoms with E-state index in [1.54, 1.807) is 29.2 Å². The van der Waals surface area contributed by atoms with Crippen LogP contribution >= 0.6 is 0 Å². The Bertz CT molecular complexity index is 1330. The summed E-state index contributed by atoms with van der Waals surface area (Å²) < 4.78 is 33.7. The molecule has 0 aliphatic carbocycles. The van der Waals surface area contributed by atoms with Gasteiger partial charge in [-0.05, 0) is 36.8 Å². The molecule has 3 aromatic heterocycles. The first-order valence-electron chi connectivity index (χ1n) is 9.93. The molecule has 154 valence electrons. The monoisotopic (exact) mass is 416 g/mol. The number of rotatable bonds is 6. The Morgan fingerprint density at radius 3 is 2.55 bits per heavy atom. The number of alkyl halides is 1. The summed E-state index contributed by atoms with van der Waals surface area (Å²) in [6.45, 7) is -0.00988. The van der Waals surface area contributed by atoms with Crippen LogP contribution in [0, 0.1) is 5.82 Å². The molecule has 5 nitrogen and oxygen atoms in total. The second kappa shape index (κ2) is 8.10. The number of halogens is 2. The van der Waals surface area contributed by atoms with E-state index in [1.807, 2.05) is 36.4 Å². The van der Waals surface area contributed by atoms with Crippen LogP contribution in [0.5, 0.6) is 0 Å². The van der Waals surface area contributed by atoms with Gasteiger partial charge in [0.1, 0.15) is 17.3 Å². The third-order valence-corrected chi connectivity index (χ3v) is 4.97. The zero-order chi connectivity index (χ0) is 21.2. The summed E-state index contributed by atoms with van der Waals surface area (Å²) in [7, 11) is 0. The summed E-state index contributed by atoms with van der Waals surface area (Å²) in [6.07, 6.45) is 3.85. The minimum Gasteiger partial charge on any atom is -0.438 e. The molecule has 0 atom stereocenters. The number of hydrogen-bond acceptors (Lipinski definition) is 4. The average molecular weight is 416 g/mol. The molecule has 0 bridgehead atoms. The lowest BCUT2D eigenvalue weighted by molar-refractivity contribution is 0.435. The van der Waals surface area contributed by atoms with Gasteiger partial charge in [0, 0.05) is 30.1 Å². The minimum absolute atomic E-state index is 0.330. The van der Waals surface area contributed by atoms with Crippen molar-refractivity contribution in [2.24, 2.45) is 0 Å². The maximum absolute atomic E-state index is 13.4. The van der Waals surface area contributed by atoms with Crippen LogP contribution in [0.15, 0.2) is 77.5 Å². The number of nitrogens with zero attached hydrogens (tertiary/aromatic N) is 4. The topological polar surface area (TPSA) is 56.7 Å². The highest BCUT2D eigenvalue weighted by Crippen LogP contribution is 2.32. The van der Waals surface area contributed by atoms with E-state index in [-0.39, 0.29) is 5.82 Å². The van der Waals surface area contributed by atoms with E-state index in [1.165, 1.54) is 12.1 Å². The molecule has 5 rings (SSSR count). The highest BCUT2D eigenvalue weighted by Gasteiger charge is 2.17. The summed E-state index contributed by atoms with van der Waals surface area (Å²) in [5.41, 5.74) is 3.42. The Balaban J connectivity index is 1.59. The molecular formula is C24H18F2N4O. The van der Waals surface area contributed by atoms with Crippen LogP contribution in [0.2, 0.25) is 0 Å². The first-order valence-corrected chi connectivity index (χ1v) is 9.93. The van der Waals surface area contributed by atoms with Gasteiger partial charge in [-0.15, -0.1) is 0 Å². The van der Waals surface area contributed by atoms with Gasteiger partial charge in [0.05, 0.1) is 17.6 Å². The summed E-state index contributed by atoms with van der Waals surface area (Å²) >= 11 is 0. The lowest BCUT2D eigenvalue weighted by atomic mass is 10.1. The largest absolute Gasteiger partial charge is 0.438 e. The molecule has 0 fully saturated rings. The minimum atomic E-state index is -0.432. The van der Waals surface area contributed by atoms with E-state index in [0.29, 0.717) is 41.5 Å². The zero-order valence-electron chi connectivity index (χ0n) is 16.5. The van der Waals surface area contributed by atoms with Crippen molar-refractivity contribution >= 4 is 11.1 Å². The molecule has 0 saturated heterocycles. The summed E-state index contributed by atoms with van der Waals surface area (Å²) in [5, 5.41) is 5.36. The number of fused-ring (bicyclic) bond motifs is 1. The van der Waals surface area contributed by atoms with E-state index in [9.17, 15) is 8.78 Å². The Labute approximate surface area is 177 Å². The van der Waals surface area contributed by atoms with E-state index >= 15 is 0 Å². The SMILES string of the molecule is FCCCn1cc(-c2ncc3cc(-c4ccccc4)oc3n2)c(-c2ccc(F)cc2)n1. The van der Waals surface area contributed by atoms with Gasteiger partial charge in [0.25, 0.3) is 0 Å². The predicted molar refractivity (Wildman–Crippen MR) is 114 cm³/mol. The highest BCUT2D eigenvalue weighted by atomic mass is 19.1. The fourth-order valence-electron chi connectivity index (χ4n) is 3.45. The fraction of sp³-hybridized carbons (Fsp3) is 0.125. The maximum atomic E-state index is 13.4. The Kier molecular flexibility index (Phi) is 5.00. The van der Waals surface area contributed by atoms with Crippen molar-refractivity contribution < 1.29 is 13.2 Å². The normalized spacial score (nSPS) is 11.3. The maximum Gasteiger partial charge on any atom is 0.230 e. The van der Waals surface area contributed by atoms with Crippen molar-refractivity contribution in [3.05, 3.63) is 78.9 Å². The Morgan fingerprint density at radius 2 is 1.77 bits per heavy atom. The van der Waals surface area contributed by atoms with Crippen LogP contribution in [0.1, 0.15) is 6.42 Å². The van der Waals surface area contributed by atoms with Gasteiger partial charge in [-0.3, -0.25) is 9.07 Å². The molecule has 0 amide bonds. The van der Waals surface area contributed by atoms with Crippen molar-refractivity contribution in [3.63, 3.8) is 0 Å². The molecule has 0 aliphatic rings. The van der Waals surface area contributed by atoms with Crippen molar-refractivity contribution in [1.29, 1.82) is 0 Å². The van der Waals surface area contributed by atoms with Crippen LogP contribution < -0.4 is 0 Å². The lowest BCUT2D eigenvalue weighted by Crippen LogP contribution is -1.99. The quantitative estimate of drug-likeness (QED) is 0.345. The molecule has 0 spiro atoms. The number of hydrogen-bond donors (Lipinski definition) is 0. The molecule has 0 N–H and O–H groups in total. The smallest absolute Gasteiger partial charge is 0.230 e. The highest BCUT2D eigenvalue weighted by molar-refractivity contribution is 5.83. The molecule has 7 heteroatoms. The third kappa shape index (κ3) is 3.82. The van der Waals surface area contributed by atoms with Gasteiger partial charge in [-0.25, -0.2) is 9.37 Å². The molecule has 3 heterocycles. The summed E-state index contributed by atoms with van der Waals surface area (Å²) in [4.78, 5) is 9.12. The number of aromatic nitrogens is 4. The molecule has 5 aromatic rings. The van der Waals surface area contributed by atoms with E-state index in [0.717, 1.165) is 16.5 Å². The van der Waals surface area contributed by atoms with Crippen LogP contribution in [0.25, 0.3) is 45.1 Å². The summed E-state index contributed by atoms with van der Waals surface area (Å²) in [5.74, 6) is 0.815. The second-order valence-electron chi connectivity index (χ2n) is 7.13.